The van der Waals surface area contributed by atoms with Crippen molar-refractivity contribution in [2.45, 2.75) is 37.4 Å². The number of H-pyrrole nitrogens is 2. The minimum Gasteiger partial charge on any atom is -0.480 e. The van der Waals surface area contributed by atoms with Crippen LogP contribution in [0.4, 0.5) is 0 Å². The van der Waals surface area contributed by atoms with Gasteiger partial charge in [0.2, 0.25) is 11.8 Å². The molecule has 0 saturated carbocycles. The van der Waals surface area contributed by atoms with Crippen molar-refractivity contribution < 1.29 is 19.5 Å². The number of imidazole rings is 1. The van der Waals surface area contributed by atoms with E-state index in [9.17, 15) is 19.5 Å². The highest BCUT2D eigenvalue weighted by Crippen LogP contribution is 2.19. The first-order valence-corrected chi connectivity index (χ1v) is 11.6. The van der Waals surface area contributed by atoms with Crippen molar-refractivity contribution in [1.82, 2.24) is 25.6 Å². The molecule has 3 atom stereocenters. The molecule has 0 unspecified atom stereocenters. The zero-order valence-electron chi connectivity index (χ0n) is 19.5. The highest BCUT2D eigenvalue weighted by atomic mass is 16.4. The van der Waals surface area contributed by atoms with Crippen LogP contribution in [0.25, 0.3) is 10.9 Å². The predicted molar refractivity (Wildman–Crippen MR) is 134 cm³/mol. The maximum Gasteiger partial charge on any atom is 0.326 e. The average molecular weight is 489 g/mol. The van der Waals surface area contributed by atoms with Gasteiger partial charge in [0.1, 0.15) is 12.1 Å². The number of carbonyl (C=O) groups excluding carboxylic acids is 2. The van der Waals surface area contributed by atoms with Gasteiger partial charge in [0.05, 0.1) is 18.1 Å². The molecule has 0 fully saturated rings. The van der Waals surface area contributed by atoms with Crippen molar-refractivity contribution in [3.8, 4) is 0 Å². The summed E-state index contributed by atoms with van der Waals surface area (Å²) in [4.78, 5) is 48.1. The number of nitrogens with zero attached hydrogens (tertiary/aromatic N) is 1. The highest BCUT2D eigenvalue weighted by molar-refractivity contribution is 5.92. The molecule has 0 aliphatic heterocycles. The first-order valence-electron chi connectivity index (χ1n) is 11.6. The maximum atomic E-state index is 13.3. The van der Waals surface area contributed by atoms with Gasteiger partial charge in [-0.1, -0.05) is 48.5 Å². The molecule has 10 heteroatoms. The Balaban J connectivity index is 1.49. The number of carbonyl (C=O) groups is 3. The first kappa shape index (κ1) is 24.7. The number of benzene rings is 2. The number of hydrogen-bond donors (Lipinski definition) is 6. The van der Waals surface area contributed by atoms with Gasteiger partial charge in [-0.25, -0.2) is 9.78 Å². The van der Waals surface area contributed by atoms with Crippen LogP contribution in [0.1, 0.15) is 16.8 Å². The standard InChI is InChI=1S/C26H28N6O4/c27-20(12-18-14-28-15-30-18)24(33)31-22(10-16-6-2-1-3-7-16)25(34)32-23(26(35)36)11-17-13-29-21-9-5-4-8-19(17)21/h1-9,13-15,20,22-23,29H,10-12,27H2,(H,28,30)(H,31,33)(H,32,34)(H,35,36)/t20-,22-,23-/m0/s1. The summed E-state index contributed by atoms with van der Waals surface area (Å²) in [5.41, 5.74) is 9.12. The third-order valence-electron chi connectivity index (χ3n) is 5.95. The van der Waals surface area contributed by atoms with Crippen molar-refractivity contribution in [3.05, 3.63) is 90.1 Å². The fourth-order valence-corrected chi connectivity index (χ4v) is 4.05. The Morgan fingerprint density at radius 3 is 2.33 bits per heavy atom. The molecule has 0 radical (unpaired) electrons. The Morgan fingerprint density at radius 1 is 0.889 bits per heavy atom. The van der Waals surface area contributed by atoms with E-state index in [0.29, 0.717) is 5.69 Å². The fourth-order valence-electron chi connectivity index (χ4n) is 4.05. The number of nitrogens with two attached hydrogens (primary N) is 1. The summed E-state index contributed by atoms with van der Waals surface area (Å²) in [5, 5.41) is 16.0. The number of amides is 2. The number of carboxylic acids is 1. The molecular weight excluding hydrogens is 460 g/mol. The Morgan fingerprint density at radius 2 is 1.61 bits per heavy atom. The minimum absolute atomic E-state index is 0.0791. The molecule has 2 heterocycles. The van der Waals surface area contributed by atoms with Gasteiger partial charge >= 0.3 is 5.97 Å². The number of para-hydroxylation sites is 1. The number of rotatable bonds is 11. The van der Waals surface area contributed by atoms with E-state index in [0.717, 1.165) is 22.0 Å². The number of aromatic nitrogens is 3. The van der Waals surface area contributed by atoms with Crippen molar-refractivity contribution >= 4 is 28.7 Å². The van der Waals surface area contributed by atoms with Gasteiger partial charge in [-0.15, -0.1) is 0 Å². The van der Waals surface area contributed by atoms with Crippen molar-refractivity contribution in [1.29, 1.82) is 0 Å². The zero-order valence-corrected chi connectivity index (χ0v) is 19.5. The van der Waals surface area contributed by atoms with Gasteiger partial charge in [-0.3, -0.25) is 9.59 Å². The summed E-state index contributed by atoms with van der Waals surface area (Å²) in [6.07, 6.45) is 5.31. The van der Waals surface area contributed by atoms with E-state index in [2.05, 4.69) is 25.6 Å². The van der Waals surface area contributed by atoms with E-state index in [1.807, 2.05) is 54.6 Å². The summed E-state index contributed by atoms with van der Waals surface area (Å²) < 4.78 is 0. The molecule has 2 aromatic heterocycles. The fraction of sp³-hybridized carbons (Fsp3) is 0.231. The van der Waals surface area contributed by atoms with Crippen LogP contribution in [0.2, 0.25) is 0 Å². The van der Waals surface area contributed by atoms with Gasteiger partial charge < -0.3 is 31.4 Å². The molecule has 186 valence electrons. The summed E-state index contributed by atoms with van der Waals surface area (Å²) in [5.74, 6) is -2.31. The molecule has 0 saturated heterocycles. The second-order valence-electron chi connectivity index (χ2n) is 8.59. The number of nitrogens with one attached hydrogen (secondary N) is 4. The molecule has 4 aromatic rings. The Kier molecular flexibility index (Phi) is 7.76. The third-order valence-corrected chi connectivity index (χ3v) is 5.95. The molecule has 10 nitrogen and oxygen atoms in total. The summed E-state index contributed by atoms with van der Waals surface area (Å²) in [6.45, 7) is 0. The van der Waals surface area contributed by atoms with Crippen LogP contribution in [0, 0.1) is 0 Å². The quantitative estimate of drug-likeness (QED) is 0.186. The molecular formula is C26H28N6O4. The van der Waals surface area contributed by atoms with Gasteiger partial charge in [0, 0.05) is 42.6 Å². The summed E-state index contributed by atoms with van der Waals surface area (Å²) in [7, 11) is 0. The SMILES string of the molecule is N[C@@H](Cc1c[nH]cn1)C(=O)N[C@@H](Cc1ccccc1)C(=O)N[C@@H](Cc1c[nH]c2ccccc12)C(=O)O. The van der Waals surface area contributed by atoms with Gasteiger partial charge in [0.15, 0.2) is 0 Å². The minimum atomic E-state index is -1.19. The molecule has 0 bridgehead atoms. The third kappa shape index (κ3) is 6.16. The first-order chi connectivity index (χ1) is 17.4. The van der Waals surface area contributed by atoms with E-state index in [1.54, 1.807) is 12.4 Å². The molecule has 4 rings (SSSR count). The number of hydrogen-bond acceptors (Lipinski definition) is 5. The van der Waals surface area contributed by atoms with E-state index in [1.165, 1.54) is 6.33 Å². The molecule has 7 N–H and O–H groups in total. The highest BCUT2D eigenvalue weighted by Gasteiger charge is 2.29. The molecule has 0 spiro atoms. The van der Waals surface area contributed by atoms with Crippen molar-refractivity contribution in [2.75, 3.05) is 0 Å². The summed E-state index contributed by atoms with van der Waals surface area (Å²) >= 11 is 0. The smallest absolute Gasteiger partial charge is 0.326 e. The Hall–Kier alpha value is -4.44. The molecule has 0 aliphatic rings. The molecule has 36 heavy (non-hydrogen) atoms. The lowest BCUT2D eigenvalue weighted by Crippen LogP contribution is -2.55. The van der Waals surface area contributed by atoms with E-state index >= 15 is 0 Å². The van der Waals surface area contributed by atoms with Crippen LogP contribution in [0.5, 0.6) is 0 Å². The van der Waals surface area contributed by atoms with Crippen LogP contribution in [0.15, 0.2) is 73.3 Å². The lowest BCUT2D eigenvalue weighted by atomic mass is 10.0. The van der Waals surface area contributed by atoms with Gasteiger partial charge in [-0.2, -0.15) is 0 Å². The number of fused-ring (bicyclic) bond motifs is 1. The largest absolute Gasteiger partial charge is 0.480 e. The van der Waals surface area contributed by atoms with Gasteiger partial charge in [-0.05, 0) is 17.2 Å². The molecule has 0 aliphatic carbocycles. The number of carboxylic acid groups (broad SMARTS) is 1. The van der Waals surface area contributed by atoms with Crippen LogP contribution in [0.3, 0.4) is 0 Å². The second kappa shape index (κ2) is 11.3. The van der Waals surface area contributed by atoms with E-state index < -0.39 is 35.9 Å². The zero-order chi connectivity index (χ0) is 25.5. The van der Waals surface area contributed by atoms with Crippen LogP contribution < -0.4 is 16.4 Å². The van der Waals surface area contributed by atoms with Crippen LogP contribution in [-0.4, -0.2) is 56.0 Å². The lowest BCUT2D eigenvalue weighted by Gasteiger charge is -2.23. The van der Waals surface area contributed by atoms with E-state index in [-0.39, 0.29) is 19.3 Å². The molecule has 2 aromatic carbocycles. The Labute approximate surface area is 207 Å². The average Bonchev–Trinajstić information content (AvgIpc) is 3.53. The predicted octanol–water partition coefficient (Wildman–Crippen LogP) is 1.30. The maximum absolute atomic E-state index is 13.3. The van der Waals surface area contributed by atoms with E-state index in [4.69, 9.17) is 5.73 Å². The van der Waals surface area contributed by atoms with Crippen molar-refractivity contribution in [2.24, 2.45) is 5.73 Å². The monoisotopic (exact) mass is 488 g/mol. The topological polar surface area (TPSA) is 166 Å². The normalized spacial score (nSPS) is 13.6. The second-order valence-corrected chi connectivity index (χ2v) is 8.59. The van der Waals surface area contributed by atoms with Crippen LogP contribution >= 0.6 is 0 Å². The lowest BCUT2D eigenvalue weighted by molar-refractivity contribution is -0.142. The molecule has 2 amide bonds. The number of aromatic amines is 2. The van der Waals surface area contributed by atoms with Crippen molar-refractivity contribution in [3.63, 3.8) is 0 Å². The van der Waals surface area contributed by atoms with Crippen LogP contribution in [-0.2, 0) is 33.6 Å². The summed E-state index contributed by atoms with van der Waals surface area (Å²) in [6, 6.07) is 13.6. The number of aliphatic carboxylic acids is 1. The Bertz CT molecular complexity index is 1320. The van der Waals surface area contributed by atoms with Gasteiger partial charge in [0.25, 0.3) is 0 Å².